The number of aromatic nitrogens is 4. The van der Waals surface area contributed by atoms with Gasteiger partial charge in [0.25, 0.3) is 0 Å². The summed E-state index contributed by atoms with van der Waals surface area (Å²) < 4.78 is 1.66. The molecule has 2 aromatic rings. The van der Waals surface area contributed by atoms with Crippen LogP contribution in [0, 0.1) is 0 Å². The summed E-state index contributed by atoms with van der Waals surface area (Å²) in [7, 11) is 1.81. The zero-order valence-corrected chi connectivity index (χ0v) is 6.58. The monoisotopic (exact) mass is 168 g/mol. The molecule has 0 saturated carbocycles. The average molecular weight is 169 g/mol. The van der Waals surface area contributed by atoms with Crippen molar-refractivity contribution in [2.75, 3.05) is 0 Å². The van der Waals surface area contributed by atoms with Gasteiger partial charge in [0.2, 0.25) is 0 Å². The Morgan fingerprint density at radius 3 is 3.18 bits per heavy atom. The highest BCUT2D eigenvalue weighted by molar-refractivity contribution is 6.29. The smallest absolute Gasteiger partial charge is 0.131 e. The molecule has 0 aliphatic rings. The van der Waals surface area contributed by atoms with E-state index in [1.165, 1.54) is 0 Å². The summed E-state index contributed by atoms with van der Waals surface area (Å²) in [5.74, 6) is 0. The predicted octanol–water partition coefficient (Wildman–Crippen LogP) is 1.02. The fourth-order valence-electron chi connectivity index (χ4n) is 0.913. The quantitative estimate of drug-likeness (QED) is 0.552. The molecule has 56 valence electrons. The molecule has 0 aliphatic carbocycles. The standard InChI is InChI=1S/C6H5ClN4/c1-11-5-2-6(7)8-3-4(5)9-10-11/h2-3H,1H3. The van der Waals surface area contributed by atoms with Gasteiger partial charge in [-0.1, -0.05) is 16.8 Å². The van der Waals surface area contributed by atoms with E-state index in [4.69, 9.17) is 11.6 Å². The van der Waals surface area contributed by atoms with E-state index < -0.39 is 0 Å². The Labute approximate surface area is 67.8 Å². The molecule has 0 fully saturated rings. The van der Waals surface area contributed by atoms with Gasteiger partial charge in [-0.25, -0.2) is 9.67 Å². The van der Waals surface area contributed by atoms with Crippen LogP contribution in [0.5, 0.6) is 0 Å². The van der Waals surface area contributed by atoms with Crippen molar-refractivity contribution in [2.45, 2.75) is 0 Å². The first kappa shape index (κ1) is 6.54. The maximum Gasteiger partial charge on any atom is 0.131 e. The summed E-state index contributed by atoms with van der Waals surface area (Å²) in [5.41, 5.74) is 1.65. The Morgan fingerprint density at radius 1 is 1.55 bits per heavy atom. The van der Waals surface area contributed by atoms with E-state index in [-0.39, 0.29) is 0 Å². The number of nitrogens with zero attached hydrogens (tertiary/aromatic N) is 4. The number of hydrogen-bond acceptors (Lipinski definition) is 3. The maximum absolute atomic E-state index is 5.67. The van der Waals surface area contributed by atoms with Crippen molar-refractivity contribution in [3.8, 4) is 0 Å². The lowest BCUT2D eigenvalue weighted by atomic mass is 10.4. The number of aryl methyl sites for hydroxylation is 1. The molecular weight excluding hydrogens is 164 g/mol. The maximum atomic E-state index is 5.67. The highest BCUT2D eigenvalue weighted by atomic mass is 35.5. The van der Waals surface area contributed by atoms with Crippen molar-refractivity contribution < 1.29 is 0 Å². The molecule has 0 radical (unpaired) electrons. The third kappa shape index (κ3) is 0.952. The normalized spacial score (nSPS) is 10.7. The highest BCUT2D eigenvalue weighted by Gasteiger charge is 2.00. The minimum Gasteiger partial charge on any atom is -0.248 e. The third-order valence-corrected chi connectivity index (χ3v) is 1.67. The molecule has 0 N–H and O–H groups in total. The molecule has 0 spiro atoms. The zero-order valence-electron chi connectivity index (χ0n) is 5.82. The summed E-state index contributed by atoms with van der Waals surface area (Å²) >= 11 is 5.67. The summed E-state index contributed by atoms with van der Waals surface area (Å²) in [6, 6.07) is 1.73. The van der Waals surface area contributed by atoms with Crippen LogP contribution in [0.2, 0.25) is 5.15 Å². The Hall–Kier alpha value is -1.16. The lowest BCUT2D eigenvalue weighted by Crippen LogP contribution is -1.89. The molecule has 11 heavy (non-hydrogen) atoms. The molecule has 2 rings (SSSR count). The van der Waals surface area contributed by atoms with Gasteiger partial charge in [-0.2, -0.15) is 0 Å². The Bertz CT molecular complexity index is 394. The van der Waals surface area contributed by atoms with Gasteiger partial charge in [-0.05, 0) is 0 Å². The predicted molar refractivity (Wildman–Crippen MR) is 41.3 cm³/mol. The SMILES string of the molecule is Cn1nnc2cnc(Cl)cc21. The van der Waals surface area contributed by atoms with Crippen molar-refractivity contribution >= 4 is 22.6 Å². The molecule has 0 unspecified atom stereocenters. The van der Waals surface area contributed by atoms with Gasteiger partial charge in [0.15, 0.2) is 0 Å². The molecular formula is C6H5ClN4. The molecule has 0 aliphatic heterocycles. The molecule has 0 saturated heterocycles. The largest absolute Gasteiger partial charge is 0.248 e. The van der Waals surface area contributed by atoms with Crippen LogP contribution in [0.3, 0.4) is 0 Å². The van der Waals surface area contributed by atoms with Gasteiger partial charge >= 0.3 is 0 Å². The third-order valence-electron chi connectivity index (χ3n) is 1.46. The van der Waals surface area contributed by atoms with Crippen molar-refractivity contribution in [2.24, 2.45) is 7.05 Å². The van der Waals surface area contributed by atoms with E-state index in [2.05, 4.69) is 15.3 Å². The lowest BCUT2D eigenvalue weighted by molar-refractivity contribution is 0.736. The van der Waals surface area contributed by atoms with Crippen molar-refractivity contribution in [1.29, 1.82) is 0 Å². The Morgan fingerprint density at radius 2 is 2.36 bits per heavy atom. The van der Waals surface area contributed by atoms with E-state index in [9.17, 15) is 0 Å². The number of fused-ring (bicyclic) bond motifs is 1. The molecule has 2 aromatic heterocycles. The number of hydrogen-bond donors (Lipinski definition) is 0. The number of halogens is 1. The van der Waals surface area contributed by atoms with E-state index in [0.717, 1.165) is 11.0 Å². The van der Waals surface area contributed by atoms with E-state index >= 15 is 0 Å². The van der Waals surface area contributed by atoms with Crippen LogP contribution in [0.1, 0.15) is 0 Å². The van der Waals surface area contributed by atoms with Gasteiger partial charge in [-0.3, -0.25) is 0 Å². The summed E-state index contributed by atoms with van der Waals surface area (Å²) in [4.78, 5) is 3.87. The second kappa shape index (κ2) is 2.17. The van der Waals surface area contributed by atoms with Crippen LogP contribution in [-0.4, -0.2) is 20.0 Å². The average Bonchev–Trinajstić information content (AvgIpc) is 2.33. The van der Waals surface area contributed by atoms with Crippen LogP contribution >= 0.6 is 11.6 Å². The fraction of sp³-hybridized carbons (Fsp3) is 0.167. The summed E-state index contributed by atoms with van der Waals surface area (Å²) in [5, 5.41) is 8.12. The van der Waals surface area contributed by atoms with E-state index in [0.29, 0.717) is 5.15 Å². The highest BCUT2D eigenvalue weighted by Crippen LogP contribution is 2.12. The van der Waals surface area contributed by atoms with Crippen LogP contribution < -0.4 is 0 Å². The van der Waals surface area contributed by atoms with Crippen molar-refractivity contribution in [1.82, 2.24) is 20.0 Å². The van der Waals surface area contributed by atoms with Crippen LogP contribution in [0.4, 0.5) is 0 Å². The molecule has 2 heterocycles. The Kier molecular flexibility index (Phi) is 1.29. The molecule has 0 aromatic carbocycles. The first-order valence-electron chi connectivity index (χ1n) is 3.08. The Balaban J connectivity index is 2.87. The first-order chi connectivity index (χ1) is 5.27. The van der Waals surface area contributed by atoms with Gasteiger partial charge in [0.05, 0.1) is 11.7 Å². The topological polar surface area (TPSA) is 43.6 Å². The minimum atomic E-state index is 0.461. The second-order valence-corrected chi connectivity index (χ2v) is 2.60. The van der Waals surface area contributed by atoms with Crippen LogP contribution in [0.25, 0.3) is 11.0 Å². The van der Waals surface area contributed by atoms with E-state index in [1.807, 2.05) is 7.05 Å². The van der Waals surface area contributed by atoms with Gasteiger partial charge < -0.3 is 0 Å². The number of rotatable bonds is 0. The first-order valence-corrected chi connectivity index (χ1v) is 3.46. The molecule has 4 nitrogen and oxygen atoms in total. The molecule has 0 atom stereocenters. The lowest BCUT2D eigenvalue weighted by Gasteiger charge is -1.90. The molecule has 0 bridgehead atoms. The summed E-state index contributed by atoms with van der Waals surface area (Å²) in [6.45, 7) is 0. The number of pyridine rings is 1. The van der Waals surface area contributed by atoms with Crippen LogP contribution in [0.15, 0.2) is 12.3 Å². The van der Waals surface area contributed by atoms with E-state index in [1.54, 1.807) is 16.9 Å². The summed E-state index contributed by atoms with van der Waals surface area (Å²) in [6.07, 6.45) is 1.60. The van der Waals surface area contributed by atoms with Crippen LogP contribution in [-0.2, 0) is 7.05 Å². The molecule has 5 heteroatoms. The van der Waals surface area contributed by atoms with Gasteiger partial charge in [-0.15, -0.1) is 5.10 Å². The van der Waals surface area contributed by atoms with Gasteiger partial charge in [0, 0.05) is 13.1 Å². The molecule has 0 amide bonds. The second-order valence-electron chi connectivity index (χ2n) is 2.21. The minimum absolute atomic E-state index is 0.461. The zero-order chi connectivity index (χ0) is 7.84. The van der Waals surface area contributed by atoms with Crippen molar-refractivity contribution in [3.63, 3.8) is 0 Å². The van der Waals surface area contributed by atoms with Gasteiger partial charge in [0.1, 0.15) is 10.7 Å². The fourth-order valence-corrected chi connectivity index (χ4v) is 1.06. The van der Waals surface area contributed by atoms with Crippen molar-refractivity contribution in [3.05, 3.63) is 17.4 Å².